The second-order valence-corrected chi connectivity index (χ2v) is 5.54. The van der Waals surface area contributed by atoms with Crippen LogP contribution in [-0.2, 0) is 16.0 Å². The quantitative estimate of drug-likeness (QED) is 0.850. The lowest BCUT2D eigenvalue weighted by atomic mass is 10.0. The Kier molecular flexibility index (Phi) is 5.37. The molecule has 4 heteroatoms. The van der Waals surface area contributed by atoms with Crippen LogP contribution in [-0.4, -0.2) is 47.8 Å². The molecule has 0 atom stereocenters. The minimum absolute atomic E-state index is 0.182. The summed E-state index contributed by atoms with van der Waals surface area (Å²) in [6.07, 6.45) is 1.88. The van der Waals surface area contributed by atoms with Crippen molar-refractivity contribution in [2.24, 2.45) is 0 Å². The summed E-state index contributed by atoms with van der Waals surface area (Å²) in [6.45, 7) is 6.62. The highest BCUT2D eigenvalue weighted by molar-refractivity contribution is 5.78. The molecule has 1 aromatic rings. The van der Waals surface area contributed by atoms with Crippen LogP contribution in [0.1, 0.15) is 30.9 Å². The monoisotopic (exact) mass is 288 g/mol. The highest BCUT2D eigenvalue weighted by Gasteiger charge is 2.22. The van der Waals surface area contributed by atoms with Crippen molar-refractivity contribution >= 4 is 11.8 Å². The van der Waals surface area contributed by atoms with Gasteiger partial charge in [-0.05, 0) is 24.5 Å². The van der Waals surface area contributed by atoms with E-state index in [0.717, 1.165) is 6.42 Å². The summed E-state index contributed by atoms with van der Waals surface area (Å²) >= 11 is 0. The summed E-state index contributed by atoms with van der Waals surface area (Å²) in [5.74, 6) is 0.379. The minimum atomic E-state index is 0.182. The Bertz CT molecular complexity index is 505. The van der Waals surface area contributed by atoms with E-state index in [0.29, 0.717) is 39.0 Å². The van der Waals surface area contributed by atoms with E-state index in [1.807, 2.05) is 28.9 Å². The molecule has 0 aliphatic carbocycles. The summed E-state index contributed by atoms with van der Waals surface area (Å²) in [5.41, 5.74) is 2.48. The highest BCUT2D eigenvalue weighted by Crippen LogP contribution is 2.12. The van der Waals surface area contributed by atoms with Crippen LogP contribution in [0.2, 0.25) is 0 Å². The number of rotatable bonds is 4. The van der Waals surface area contributed by atoms with Crippen molar-refractivity contribution in [2.45, 2.75) is 33.1 Å². The van der Waals surface area contributed by atoms with E-state index in [9.17, 15) is 9.59 Å². The summed E-state index contributed by atoms with van der Waals surface area (Å²) in [7, 11) is 0. The van der Waals surface area contributed by atoms with Crippen molar-refractivity contribution in [1.29, 1.82) is 0 Å². The molecule has 1 saturated heterocycles. The zero-order valence-electron chi connectivity index (χ0n) is 13.0. The Labute approximate surface area is 126 Å². The van der Waals surface area contributed by atoms with Crippen LogP contribution in [0.15, 0.2) is 24.3 Å². The molecular weight excluding hydrogens is 264 g/mol. The lowest BCUT2D eigenvalue weighted by Crippen LogP contribution is -2.50. The van der Waals surface area contributed by atoms with Gasteiger partial charge in [0.25, 0.3) is 0 Å². The molecule has 1 aliphatic rings. The van der Waals surface area contributed by atoms with Gasteiger partial charge < -0.3 is 9.80 Å². The normalized spacial score (nSPS) is 15.1. The number of carbonyl (C=O) groups is 2. The molecule has 21 heavy (non-hydrogen) atoms. The summed E-state index contributed by atoms with van der Waals surface area (Å²) < 4.78 is 0. The molecule has 1 heterocycles. The van der Waals surface area contributed by atoms with Crippen LogP contribution in [0, 0.1) is 6.92 Å². The molecule has 0 spiro atoms. The van der Waals surface area contributed by atoms with Gasteiger partial charge in [0.2, 0.25) is 11.8 Å². The van der Waals surface area contributed by atoms with Crippen molar-refractivity contribution in [1.82, 2.24) is 9.80 Å². The molecule has 114 valence electrons. The largest absolute Gasteiger partial charge is 0.339 e. The first-order chi connectivity index (χ1) is 10.1. The van der Waals surface area contributed by atoms with Crippen molar-refractivity contribution in [3.05, 3.63) is 35.4 Å². The lowest BCUT2D eigenvalue weighted by molar-refractivity contribution is -0.139. The van der Waals surface area contributed by atoms with E-state index in [1.165, 1.54) is 11.1 Å². The predicted octanol–water partition coefficient (Wildman–Crippen LogP) is 2.01. The fraction of sp³-hybridized carbons (Fsp3) is 0.529. The average Bonchev–Trinajstić information content (AvgIpc) is 2.53. The highest BCUT2D eigenvalue weighted by atomic mass is 16.2. The van der Waals surface area contributed by atoms with Gasteiger partial charge in [-0.2, -0.15) is 0 Å². The van der Waals surface area contributed by atoms with Crippen LogP contribution in [0.4, 0.5) is 0 Å². The summed E-state index contributed by atoms with van der Waals surface area (Å²) in [6, 6.07) is 8.20. The number of piperazine rings is 1. The molecular formula is C17H24N2O2. The third kappa shape index (κ3) is 4.06. The Morgan fingerprint density at radius 2 is 1.57 bits per heavy atom. The Morgan fingerprint density at radius 1 is 1.00 bits per heavy atom. The zero-order valence-corrected chi connectivity index (χ0v) is 13.0. The molecule has 1 aromatic carbocycles. The van der Waals surface area contributed by atoms with E-state index in [-0.39, 0.29) is 11.8 Å². The maximum atomic E-state index is 12.3. The van der Waals surface area contributed by atoms with Crippen molar-refractivity contribution in [3.8, 4) is 0 Å². The van der Waals surface area contributed by atoms with Crippen molar-refractivity contribution < 1.29 is 9.59 Å². The van der Waals surface area contributed by atoms with Gasteiger partial charge in [-0.25, -0.2) is 0 Å². The fourth-order valence-electron chi connectivity index (χ4n) is 2.72. The molecule has 0 aromatic heterocycles. The Hall–Kier alpha value is -1.84. The zero-order chi connectivity index (χ0) is 15.2. The predicted molar refractivity (Wildman–Crippen MR) is 83.0 cm³/mol. The first-order valence-corrected chi connectivity index (χ1v) is 7.72. The van der Waals surface area contributed by atoms with E-state index < -0.39 is 0 Å². The average molecular weight is 288 g/mol. The third-order valence-electron chi connectivity index (χ3n) is 4.16. The van der Waals surface area contributed by atoms with Gasteiger partial charge in [-0.1, -0.05) is 31.2 Å². The smallest absolute Gasteiger partial charge is 0.223 e. The number of aryl methyl sites for hydroxylation is 2. The van der Waals surface area contributed by atoms with Gasteiger partial charge in [0.15, 0.2) is 0 Å². The van der Waals surface area contributed by atoms with Crippen LogP contribution >= 0.6 is 0 Å². The fourth-order valence-corrected chi connectivity index (χ4v) is 2.72. The van der Waals surface area contributed by atoms with Gasteiger partial charge in [-0.15, -0.1) is 0 Å². The molecule has 0 unspecified atom stereocenters. The number of carbonyl (C=O) groups excluding carboxylic acids is 2. The number of nitrogens with zero attached hydrogens (tertiary/aromatic N) is 2. The molecule has 1 aliphatic heterocycles. The molecule has 2 amide bonds. The number of hydrogen-bond donors (Lipinski definition) is 0. The van der Waals surface area contributed by atoms with Crippen LogP contribution in [0.25, 0.3) is 0 Å². The first kappa shape index (κ1) is 15.5. The minimum Gasteiger partial charge on any atom is -0.339 e. The van der Waals surface area contributed by atoms with Crippen molar-refractivity contribution in [3.63, 3.8) is 0 Å². The molecule has 2 rings (SSSR count). The molecule has 4 nitrogen and oxygen atoms in total. The van der Waals surface area contributed by atoms with E-state index >= 15 is 0 Å². The maximum Gasteiger partial charge on any atom is 0.223 e. The van der Waals surface area contributed by atoms with Gasteiger partial charge in [-0.3, -0.25) is 9.59 Å². The van der Waals surface area contributed by atoms with E-state index in [1.54, 1.807) is 0 Å². The van der Waals surface area contributed by atoms with Crippen LogP contribution in [0.3, 0.4) is 0 Å². The van der Waals surface area contributed by atoms with Crippen LogP contribution in [0.5, 0.6) is 0 Å². The van der Waals surface area contributed by atoms with Crippen molar-refractivity contribution in [2.75, 3.05) is 26.2 Å². The second kappa shape index (κ2) is 7.25. The number of benzene rings is 1. The molecule has 1 fully saturated rings. The Morgan fingerprint density at radius 3 is 2.14 bits per heavy atom. The molecule has 0 radical (unpaired) electrons. The Balaban J connectivity index is 1.80. The molecule has 0 N–H and O–H groups in total. The third-order valence-corrected chi connectivity index (χ3v) is 4.16. The maximum absolute atomic E-state index is 12.3. The van der Waals surface area contributed by atoms with Crippen LogP contribution < -0.4 is 0 Å². The first-order valence-electron chi connectivity index (χ1n) is 7.72. The van der Waals surface area contributed by atoms with E-state index in [2.05, 4.69) is 19.1 Å². The standard InChI is InChI=1S/C17H24N2O2/c1-3-16(20)18-10-12-19(13-11-18)17(21)9-8-15-7-5-4-6-14(15)2/h4-7H,3,8-13H2,1-2H3. The summed E-state index contributed by atoms with van der Waals surface area (Å²) in [5, 5.41) is 0. The summed E-state index contributed by atoms with van der Waals surface area (Å²) in [4.78, 5) is 27.6. The van der Waals surface area contributed by atoms with Gasteiger partial charge in [0.05, 0.1) is 0 Å². The van der Waals surface area contributed by atoms with Gasteiger partial charge in [0.1, 0.15) is 0 Å². The number of amides is 2. The second-order valence-electron chi connectivity index (χ2n) is 5.54. The van der Waals surface area contributed by atoms with Gasteiger partial charge in [0, 0.05) is 39.0 Å². The number of hydrogen-bond acceptors (Lipinski definition) is 2. The molecule has 0 saturated carbocycles. The SMILES string of the molecule is CCC(=O)N1CCN(C(=O)CCc2ccccc2C)CC1. The lowest BCUT2D eigenvalue weighted by Gasteiger charge is -2.34. The van der Waals surface area contributed by atoms with Gasteiger partial charge >= 0.3 is 0 Å². The van der Waals surface area contributed by atoms with E-state index in [4.69, 9.17) is 0 Å². The topological polar surface area (TPSA) is 40.6 Å². The molecule has 0 bridgehead atoms.